The molecular weight excluding hydrogens is 252 g/mol. The molecule has 2 rings (SSSR count). The highest BCUT2D eigenvalue weighted by atomic mass is 16.5. The number of carboxylic acids is 1. The van der Waals surface area contributed by atoms with Gasteiger partial charge in [0, 0.05) is 12.3 Å². The lowest BCUT2D eigenvalue weighted by Gasteiger charge is -2.06. The molecule has 0 aliphatic rings. The van der Waals surface area contributed by atoms with E-state index in [1.165, 1.54) is 24.7 Å². The Morgan fingerprint density at radius 2 is 2.21 bits per heavy atom. The number of hydrogen-bond acceptors (Lipinski definition) is 5. The fraction of sp³-hybridized carbons (Fsp3) is 0.0909. The second-order valence-electron chi connectivity index (χ2n) is 3.57. The summed E-state index contributed by atoms with van der Waals surface area (Å²) in [5.41, 5.74) is 0.861. The molecule has 8 heteroatoms. The van der Waals surface area contributed by atoms with Gasteiger partial charge < -0.3 is 20.3 Å². The number of carbonyl (C=O) groups is 2. The normalized spacial score (nSPS) is 9.89. The first-order valence-electron chi connectivity index (χ1n) is 5.27. The number of urea groups is 1. The highest BCUT2D eigenvalue weighted by Crippen LogP contribution is 2.08. The van der Waals surface area contributed by atoms with Crippen molar-refractivity contribution in [1.82, 2.24) is 15.5 Å². The second kappa shape index (κ2) is 5.63. The van der Waals surface area contributed by atoms with Gasteiger partial charge in [0.25, 0.3) is 0 Å². The van der Waals surface area contributed by atoms with Crippen molar-refractivity contribution >= 4 is 17.7 Å². The standard InChI is InChI=1S/C11H10N4O4/c16-10(17)7-3-9(5-12-4-7)14-11(18)13-6-8-1-2-19-15-8/h1-5H,6H2,(H,16,17)(H2,13,14,18). The highest BCUT2D eigenvalue weighted by Gasteiger charge is 2.07. The fourth-order valence-corrected chi connectivity index (χ4v) is 1.30. The third-order valence-corrected chi connectivity index (χ3v) is 2.16. The van der Waals surface area contributed by atoms with E-state index in [2.05, 4.69) is 25.3 Å². The van der Waals surface area contributed by atoms with Crippen LogP contribution in [0.2, 0.25) is 0 Å². The predicted octanol–water partition coefficient (Wildman–Crippen LogP) is 1.09. The molecule has 0 atom stereocenters. The molecule has 8 nitrogen and oxygen atoms in total. The number of nitrogens with one attached hydrogen (secondary N) is 2. The van der Waals surface area contributed by atoms with Gasteiger partial charge in [0.2, 0.25) is 0 Å². The number of anilines is 1. The molecule has 2 aromatic heterocycles. The Balaban J connectivity index is 1.91. The van der Waals surface area contributed by atoms with Gasteiger partial charge in [-0.15, -0.1) is 0 Å². The van der Waals surface area contributed by atoms with Crippen LogP contribution in [-0.4, -0.2) is 27.2 Å². The molecule has 0 aliphatic heterocycles. The van der Waals surface area contributed by atoms with Crippen molar-refractivity contribution in [2.45, 2.75) is 6.54 Å². The molecule has 98 valence electrons. The summed E-state index contributed by atoms with van der Waals surface area (Å²) >= 11 is 0. The molecule has 0 aromatic carbocycles. The lowest BCUT2D eigenvalue weighted by atomic mass is 10.3. The molecule has 3 N–H and O–H groups in total. The number of pyridine rings is 1. The Hall–Kier alpha value is -2.90. The van der Waals surface area contributed by atoms with E-state index >= 15 is 0 Å². The summed E-state index contributed by atoms with van der Waals surface area (Å²) in [4.78, 5) is 26.0. The number of hydrogen-bond donors (Lipinski definition) is 3. The van der Waals surface area contributed by atoms with Crippen molar-refractivity contribution in [1.29, 1.82) is 0 Å². The third kappa shape index (κ3) is 3.53. The molecular formula is C11H10N4O4. The number of amides is 2. The fourth-order valence-electron chi connectivity index (χ4n) is 1.30. The number of carbonyl (C=O) groups excluding carboxylic acids is 1. The van der Waals surface area contributed by atoms with E-state index in [0.717, 1.165) is 0 Å². The number of carboxylic acid groups (broad SMARTS) is 1. The lowest BCUT2D eigenvalue weighted by molar-refractivity contribution is 0.0696. The molecule has 0 spiro atoms. The largest absolute Gasteiger partial charge is 0.478 e. The van der Waals surface area contributed by atoms with Crippen LogP contribution in [-0.2, 0) is 6.54 Å². The van der Waals surface area contributed by atoms with Crippen LogP contribution in [0.4, 0.5) is 10.5 Å². The lowest BCUT2D eigenvalue weighted by Crippen LogP contribution is -2.28. The van der Waals surface area contributed by atoms with E-state index in [4.69, 9.17) is 5.11 Å². The van der Waals surface area contributed by atoms with Crippen LogP contribution in [0.15, 0.2) is 35.3 Å². The quantitative estimate of drug-likeness (QED) is 0.759. The Morgan fingerprint density at radius 1 is 1.37 bits per heavy atom. The maximum atomic E-state index is 11.5. The van der Waals surface area contributed by atoms with E-state index in [0.29, 0.717) is 5.69 Å². The van der Waals surface area contributed by atoms with Crippen LogP contribution < -0.4 is 10.6 Å². The molecule has 0 aliphatic carbocycles. The number of aromatic nitrogens is 2. The van der Waals surface area contributed by atoms with Crippen LogP contribution in [0, 0.1) is 0 Å². The van der Waals surface area contributed by atoms with Crippen molar-refractivity contribution < 1.29 is 19.2 Å². The van der Waals surface area contributed by atoms with Crippen molar-refractivity contribution in [2.75, 3.05) is 5.32 Å². The Kier molecular flexibility index (Phi) is 3.72. The zero-order valence-electron chi connectivity index (χ0n) is 9.66. The average molecular weight is 262 g/mol. The van der Waals surface area contributed by atoms with Crippen molar-refractivity contribution in [3.63, 3.8) is 0 Å². The van der Waals surface area contributed by atoms with Gasteiger partial charge >= 0.3 is 12.0 Å². The van der Waals surface area contributed by atoms with Crippen LogP contribution >= 0.6 is 0 Å². The smallest absolute Gasteiger partial charge is 0.337 e. The van der Waals surface area contributed by atoms with Crippen molar-refractivity contribution in [2.24, 2.45) is 0 Å². The topological polar surface area (TPSA) is 117 Å². The third-order valence-electron chi connectivity index (χ3n) is 2.16. The summed E-state index contributed by atoms with van der Waals surface area (Å²) in [5, 5.41) is 17.4. The monoisotopic (exact) mass is 262 g/mol. The molecule has 2 aromatic rings. The van der Waals surface area contributed by atoms with Gasteiger partial charge in [-0.1, -0.05) is 5.16 Å². The summed E-state index contributed by atoms with van der Waals surface area (Å²) in [6.45, 7) is 0.203. The number of nitrogens with zero attached hydrogens (tertiary/aromatic N) is 2. The molecule has 0 fully saturated rings. The maximum absolute atomic E-state index is 11.5. The Labute approximate surface area is 107 Å². The van der Waals surface area contributed by atoms with E-state index in [9.17, 15) is 9.59 Å². The first-order valence-corrected chi connectivity index (χ1v) is 5.27. The maximum Gasteiger partial charge on any atom is 0.337 e. The van der Waals surface area contributed by atoms with Crippen LogP contribution in [0.5, 0.6) is 0 Å². The van der Waals surface area contributed by atoms with Gasteiger partial charge in [-0.05, 0) is 6.07 Å². The molecule has 19 heavy (non-hydrogen) atoms. The molecule has 2 amide bonds. The molecule has 0 saturated heterocycles. The Morgan fingerprint density at radius 3 is 2.89 bits per heavy atom. The van der Waals surface area contributed by atoms with Crippen molar-refractivity contribution in [3.05, 3.63) is 42.0 Å². The zero-order valence-corrected chi connectivity index (χ0v) is 9.66. The van der Waals surface area contributed by atoms with Crippen LogP contribution in [0.3, 0.4) is 0 Å². The van der Waals surface area contributed by atoms with E-state index in [1.807, 2.05) is 0 Å². The van der Waals surface area contributed by atoms with Gasteiger partial charge in [0.05, 0.1) is 24.0 Å². The molecule has 0 saturated carbocycles. The van der Waals surface area contributed by atoms with Gasteiger partial charge in [0.1, 0.15) is 12.0 Å². The van der Waals surface area contributed by atoms with E-state index in [1.54, 1.807) is 6.07 Å². The van der Waals surface area contributed by atoms with Gasteiger partial charge in [-0.3, -0.25) is 4.98 Å². The van der Waals surface area contributed by atoms with Crippen molar-refractivity contribution in [3.8, 4) is 0 Å². The number of aromatic carboxylic acids is 1. The van der Waals surface area contributed by atoms with Crippen LogP contribution in [0.25, 0.3) is 0 Å². The minimum Gasteiger partial charge on any atom is -0.478 e. The highest BCUT2D eigenvalue weighted by molar-refractivity contribution is 5.92. The first kappa shape index (κ1) is 12.6. The summed E-state index contributed by atoms with van der Waals surface area (Å²) in [7, 11) is 0. The first-order chi connectivity index (χ1) is 9.15. The molecule has 0 unspecified atom stereocenters. The van der Waals surface area contributed by atoms with Crippen LogP contribution in [0.1, 0.15) is 16.1 Å². The summed E-state index contributed by atoms with van der Waals surface area (Å²) in [6, 6.07) is 2.44. The van der Waals surface area contributed by atoms with E-state index < -0.39 is 12.0 Å². The van der Waals surface area contributed by atoms with E-state index in [-0.39, 0.29) is 17.8 Å². The molecule has 0 bridgehead atoms. The van der Waals surface area contributed by atoms with Gasteiger partial charge in [-0.25, -0.2) is 9.59 Å². The summed E-state index contributed by atoms with van der Waals surface area (Å²) < 4.78 is 4.61. The minimum absolute atomic E-state index is 0.00528. The summed E-state index contributed by atoms with van der Waals surface area (Å²) in [5.74, 6) is -1.11. The summed E-state index contributed by atoms with van der Waals surface area (Å²) in [6.07, 6.45) is 3.94. The average Bonchev–Trinajstić information content (AvgIpc) is 2.90. The predicted molar refractivity (Wildman–Crippen MR) is 63.6 cm³/mol. The minimum atomic E-state index is -1.11. The molecule has 2 heterocycles. The zero-order chi connectivity index (χ0) is 13.7. The van der Waals surface area contributed by atoms with Gasteiger partial charge in [-0.2, -0.15) is 0 Å². The number of rotatable bonds is 4. The van der Waals surface area contributed by atoms with Gasteiger partial charge in [0.15, 0.2) is 0 Å². The molecule has 0 radical (unpaired) electrons. The SMILES string of the molecule is O=C(NCc1ccon1)Nc1cncc(C(=O)O)c1. The second-order valence-corrected chi connectivity index (χ2v) is 3.57. The Bertz CT molecular complexity index is 582.